The van der Waals surface area contributed by atoms with Crippen LogP contribution < -0.4 is 10.3 Å². The number of aromatic amines is 1. The Morgan fingerprint density at radius 1 is 1.40 bits per heavy atom. The fourth-order valence-corrected chi connectivity index (χ4v) is 3.18. The van der Waals surface area contributed by atoms with Crippen molar-refractivity contribution in [2.45, 2.75) is 51.6 Å². The highest BCUT2D eigenvalue weighted by atomic mass is 16.5. The molecular formula is C16H25NO3. The zero-order valence-electron chi connectivity index (χ0n) is 12.4. The van der Waals surface area contributed by atoms with Gasteiger partial charge in [-0.25, -0.2) is 0 Å². The van der Waals surface area contributed by atoms with Crippen molar-refractivity contribution in [1.29, 1.82) is 0 Å². The monoisotopic (exact) mass is 279 g/mol. The van der Waals surface area contributed by atoms with Crippen LogP contribution in [0, 0.1) is 11.8 Å². The van der Waals surface area contributed by atoms with Gasteiger partial charge in [0, 0.05) is 12.3 Å². The summed E-state index contributed by atoms with van der Waals surface area (Å²) in [7, 11) is 0. The van der Waals surface area contributed by atoms with Crippen LogP contribution in [0.2, 0.25) is 0 Å². The molecule has 1 aromatic rings. The zero-order valence-corrected chi connectivity index (χ0v) is 12.4. The highest BCUT2D eigenvalue weighted by Crippen LogP contribution is 2.39. The van der Waals surface area contributed by atoms with Crippen molar-refractivity contribution in [3.8, 4) is 5.75 Å². The van der Waals surface area contributed by atoms with Crippen molar-refractivity contribution < 1.29 is 9.84 Å². The van der Waals surface area contributed by atoms with Gasteiger partial charge >= 0.3 is 0 Å². The van der Waals surface area contributed by atoms with Crippen molar-refractivity contribution in [2.24, 2.45) is 11.8 Å². The summed E-state index contributed by atoms with van der Waals surface area (Å²) in [5.41, 5.74) is -0.735. The molecule has 2 rings (SSSR count). The lowest BCUT2D eigenvalue weighted by molar-refractivity contribution is -0.0542. The third kappa shape index (κ3) is 3.63. The minimum Gasteiger partial charge on any atom is -0.492 e. The summed E-state index contributed by atoms with van der Waals surface area (Å²) in [6.07, 6.45) is 6.93. The largest absolute Gasteiger partial charge is 0.492 e. The summed E-state index contributed by atoms with van der Waals surface area (Å²) in [6, 6.07) is 3.16. The van der Waals surface area contributed by atoms with E-state index in [0.717, 1.165) is 19.3 Å². The normalized spacial score (nSPS) is 25.9. The van der Waals surface area contributed by atoms with Gasteiger partial charge in [-0.15, -0.1) is 0 Å². The number of rotatable bonds is 5. The Kier molecular flexibility index (Phi) is 4.86. The number of pyridine rings is 1. The van der Waals surface area contributed by atoms with Crippen LogP contribution >= 0.6 is 0 Å². The third-order valence-electron chi connectivity index (χ3n) is 4.64. The molecule has 1 heterocycles. The smallest absolute Gasteiger partial charge is 0.248 e. The molecule has 0 aromatic carbocycles. The van der Waals surface area contributed by atoms with Crippen molar-refractivity contribution >= 4 is 0 Å². The molecule has 1 aliphatic rings. The second-order valence-electron chi connectivity index (χ2n) is 6.06. The maximum atomic E-state index is 11.0. The van der Waals surface area contributed by atoms with E-state index in [0.29, 0.717) is 24.2 Å². The fraction of sp³-hybridized carbons (Fsp3) is 0.688. The van der Waals surface area contributed by atoms with Gasteiger partial charge in [-0.05, 0) is 44.1 Å². The van der Waals surface area contributed by atoms with Gasteiger partial charge in [-0.2, -0.15) is 0 Å². The maximum absolute atomic E-state index is 11.0. The Bertz CT molecular complexity index is 460. The summed E-state index contributed by atoms with van der Waals surface area (Å²) in [6.45, 7) is 4.58. The Hall–Kier alpha value is -1.29. The second kappa shape index (κ2) is 6.44. The van der Waals surface area contributed by atoms with Gasteiger partial charge in [0.2, 0.25) is 5.56 Å². The van der Waals surface area contributed by atoms with Crippen LogP contribution in [0.3, 0.4) is 0 Å². The molecule has 1 aliphatic carbocycles. The minimum atomic E-state index is -0.612. The minimum absolute atomic E-state index is 0.123. The molecule has 20 heavy (non-hydrogen) atoms. The molecule has 3 atom stereocenters. The number of aliphatic hydroxyl groups is 1. The van der Waals surface area contributed by atoms with Crippen LogP contribution in [0.5, 0.6) is 5.75 Å². The maximum Gasteiger partial charge on any atom is 0.248 e. The predicted molar refractivity (Wildman–Crippen MR) is 78.9 cm³/mol. The highest BCUT2D eigenvalue weighted by molar-refractivity contribution is 5.15. The van der Waals surface area contributed by atoms with E-state index in [9.17, 15) is 9.90 Å². The van der Waals surface area contributed by atoms with Crippen LogP contribution in [-0.2, 0) is 0 Å². The van der Waals surface area contributed by atoms with E-state index in [2.05, 4.69) is 4.98 Å². The van der Waals surface area contributed by atoms with Gasteiger partial charge in [-0.1, -0.05) is 19.8 Å². The third-order valence-corrected chi connectivity index (χ3v) is 4.64. The predicted octanol–water partition coefficient (Wildman–Crippen LogP) is 2.72. The molecule has 3 unspecified atom stereocenters. The molecule has 0 spiro atoms. The summed E-state index contributed by atoms with van der Waals surface area (Å²) in [5.74, 6) is 1.36. The number of H-pyrrole nitrogens is 1. The van der Waals surface area contributed by atoms with Crippen molar-refractivity contribution in [1.82, 2.24) is 4.98 Å². The Labute approximate surface area is 120 Å². The van der Waals surface area contributed by atoms with Crippen LogP contribution in [0.15, 0.2) is 23.1 Å². The van der Waals surface area contributed by atoms with Crippen LogP contribution in [0.1, 0.15) is 46.0 Å². The zero-order chi connectivity index (χ0) is 14.6. The molecule has 1 fully saturated rings. The molecule has 0 aliphatic heterocycles. The SMILES string of the molecule is CCC(C)(O)C1CCCCC1COc1ccc(=O)[nH]c1. The molecule has 4 heteroatoms. The van der Waals surface area contributed by atoms with E-state index in [1.807, 2.05) is 13.8 Å². The van der Waals surface area contributed by atoms with Gasteiger partial charge in [-0.3, -0.25) is 4.79 Å². The quantitative estimate of drug-likeness (QED) is 0.871. The molecule has 0 radical (unpaired) electrons. The molecule has 2 N–H and O–H groups in total. The molecule has 4 nitrogen and oxygen atoms in total. The van der Waals surface area contributed by atoms with E-state index < -0.39 is 5.60 Å². The average Bonchev–Trinajstić information content (AvgIpc) is 2.47. The summed E-state index contributed by atoms with van der Waals surface area (Å²) >= 11 is 0. The van der Waals surface area contributed by atoms with Crippen LogP contribution in [-0.4, -0.2) is 22.3 Å². The molecule has 0 saturated heterocycles. The molecule has 0 amide bonds. The first-order valence-electron chi connectivity index (χ1n) is 7.57. The summed E-state index contributed by atoms with van der Waals surface area (Å²) < 4.78 is 5.79. The number of hydrogen-bond acceptors (Lipinski definition) is 3. The molecule has 0 bridgehead atoms. The topological polar surface area (TPSA) is 62.3 Å². The van der Waals surface area contributed by atoms with Gasteiger partial charge < -0.3 is 14.8 Å². The van der Waals surface area contributed by atoms with Gasteiger partial charge in [0.15, 0.2) is 0 Å². The Morgan fingerprint density at radius 2 is 2.15 bits per heavy atom. The summed E-state index contributed by atoms with van der Waals surface area (Å²) in [4.78, 5) is 13.6. The van der Waals surface area contributed by atoms with Gasteiger partial charge in [0.25, 0.3) is 0 Å². The lowest BCUT2D eigenvalue weighted by Gasteiger charge is -2.40. The van der Waals surface area contributed by atoms with Crippen molar-refractivity contribution in [3.63, 3.8) is 0 Å². The molecule has 1 saturated carbocycles. The fourth-order valence-electron chi connectivity index (χ4n) is 3.18. The first-order chi connectivity index (χ1) is 9.53. The Morgan fingerprint density at radius 3 is 2.80 bits per heavy atom. The number of hydrogen-bond donors (Lipinski definition) is 2. The van der Waals surface area contributed by atoms with Crippen LogP contribution in [0.4, 0.5) is 0 Å². The van der Waals surface area contributed by atoms with Crippen LogP contribution in [0.25, 0.3) is 0 Å². The first-order valence-corrected chi connectivity index (χ1v) is 7.57. The summed E-state index contributed by atoms with van der Waals surface area (Å²) in [5, 5.41) is 10.5. The second-order valence-corrected chi connectivity index (χ2v) is 6.06. The van der Waals surface area contributed by atoms with Gasteiger partial charge in [0.1, 0.15) is 5.75 Å². The standard InChI is InChI=1S/C16H25NO3/c1-3-16(2,19)14-7-5-4-6-12(14)11-20-13-8-9-15(18)17-10-13/h8-10,12,14,19H,3-7,11H2,1-2H3,(H,17,18). The lowest BCUT2D eigenvalue weighted by atomic mass is 9.70. The van der Waals surface area contributed by atoms with E-state index in [-0.39, 0.29) is 5.56 Å². The highest BCUT2D eigenvalue weighted by Gasteiger charge is 2.38. The van der Waals surface area contributed by atoms with Crippen molar-refractivity contribution in [3.05, 3.63) is 28.7 Å². The number of ether oxygens (including phenoxy) is 1. The lowest BCUT2D eigenvalue weighted by Crippen LogP contribution is -2.42. The van der Waals surface area contributed by atoms with E-state index in [4.69, 9.17) is 4.74 Å². The van der Waals surface area contributed by atoms with E-state index in [1.165, 1.54) is 18.9 Å². The molecule has 1 aromatic heterocycles. The molecule has 112 valence electrons. The first kappa shape index (κ1) is 15.1. The van der Waals surface area contributed by atoms with E-state index >= 15 is 0 Å². The molecular weight excluding hydrogens is 254 g/mol. The Balaban J connectivity index is 1.98. The average molecular weight is 279 g/mol. The van der Waals surface area contributed by atoms with Crippen molar-refractivity contribution in [2.75, 3.05) is 6.61 Å². The van der Waals surface area contributed by atoms with E-state index in [1.54, 1.807) is 12.3 Å². The van der Waals surface area contributed by atoms with Gasteiger partial charge in [0.05, 0.1) is 12.2 Å². The number of aromatic nitrogens is 1. The number of nitrogens with one attached hydrogen (secondary N) is 1.